The number of hydrogen-bond acceptors (Lipinski definition) is 5. The lowest BCUT2D eigenvalue weighted by atomic mass is 9.97. The maximum Gasteiger partial charge on any atom is 0.257 e. The molecule has 166 valence electrons. The van der Waals surface area contributed by atoms with Gasteiger partial charge in [0.05, 0.1) is 16.8 Å². The lowest BCUT2D eigenvalue weighted by molar-refractivity contribution is -0.114. The van der Waals surface area contributed by atoms with Crippen LogP contribution < -0.4 is 10.2 Å². The van der Waals surface area contributed by atoms with E-state index >= 15 is 0 Å². The summed E-state index contributed by atoms with van der Waals surface area (Å²) in [7, 11) is 0. The van der Waals surface area contributed by atoms with Crippen molar-refractivity contribution in [3.8, 4) is 18.2 Å². The van der Waals surface area contributed by atoms with Gasteiger partial charge in [-0.05, 0) is 36.5 Å². The molecule has 1 atom stereocenters. The van der Waals surface area contributed by atoms with Crippen LogP contribution in [0.15, 0.2) is 41.1 Å². The maximum atomic E-state index is 12.6. The van der Waals surface area contributed by atoms with Crippen molar-refractivity contribution in [1.29, 1.82) is 15.8 Å². The fourth-order valence-electron chi connectivity index (χ4n) is 3.93. The quantitative estimate of drug-likeness (QED) is 0.486. The predicted octanol–water partition coefficient (Wildman–Crippen LogP) is 5.22. The molecule has 0 bridgehead atoms. The number of anilines is 1. The molecule has 1 aromatic carbocycles. The molecule has 6 heteroatoms. The number of unbranched alkanes of at least 4 members (excludes halogenated alkanes) is 2. The number of nitrogens with one attached hydrogen (secondary N) is 1. The molecule has 0 aromatic heterocycles. The zero-order valence-corrected chi connectivity index (χ0v) is 19.2. The number of amides is 1. The van der Waals surface area contributed by atoms with Gasteiger partial charge in [-0.1, -0.05) is 58.6 Å². The standard InChI is InChI=1S/C26H31N5O/c1-4-7-9-19(6-3)18-31(14-8-5-2)22-12-10-20(11-13-22)24-23(17-29)25(30-26(24)32)21(15-27)16-28/h10-13,19H,4-9,14,18H2,1-3H3,(H,30,32). The minimum absolute atomic E-state index is 0.00661. The summed E-state index contributed by atoms with van der Waals surface area (Å²) in [5, 5.41) is 30.4. The molecule has 1 unspecified atom stereocenters. The van der Waals surface area contributed by atoms with Gasteiger partial charge in [0, 0.05) is 18.8 Å². The summed E-state index contributed by atoms with van der Waals surface area (Å²) in [5.41, 5.74) is 1.65. The highest BCUT2D eigenvalue weighted by Crippen LogP contribution is 2.31. The molecule has 6 nitrogen and oxygen atoms in total. The molecule has 1 aliphatic heterocycles. The van der Waals surface area contributed by atoms with Crippen molar-refractivity contribution >= 4 is 17.2 Å². The Morgan fingerprint density at radius 3 is 2.22 bits per heavy atom. The Hall–Kier alpha value is -3.56. The molecule has 1 heterocycles. The third kappa shape index (κ3) is 5.77. The van der Waals surface area contributed by atoms with E-state index < -0.39 is 5.91 Å². The van der Waals surface area contributed by atoms with Crippen LogP contribution in [0.3, 0.4) is 0 Å². The average molecular weight is 430 g/mol. The molecule has 0 spiro atoms. The number of carbonyl (C=O) groups excluding carboxylic acids is 1. The smallest absolute Gasteiger partial charge is 0.257 e. The van der Waals surface area contributed by atoms with Crippen LogP contribution in [-0.2, 0) is 4.79 Å². The summed E-state index contributed by atoms with van der Waals surface area (Å²) in [6.07, 6.45) is 7.04. The summed E-state index contributed by atoms with van der Waals surface area (Å²) in [6.45, 7) is 8.64. The number of rotatable bonds is 11. The van der Waals surface area contributed by atoms with Crippen LogP contribution in [0.1, 0.15) is 64.9 Å². The molecule has 0 saturated heterocycles. The van der Waals surface area contributed by atoms with E-state index in [1.54, 1.807) is 12.1 Å². The normalized spacial score (nSPS) is 13.8. The molecule has 1 N–H and O–H groups in total. The van der Waals surface area contributed by atoms with E-state index in [4.69, 9.17) is 10.5 Å². The van der Waals surface area contributed by atoms with Crippen molar-refractivity contribution in [2.24, 2.45) is 5.92 Å². The Morgan fingerprint density at radius 2 is 1.69 bits per heavy atom. The lowest BCUT2D eigenvalue weighted by Crippen LogP contribution is -2.30. The van der Waals surface area contributed by atoms with Gasteiger partial charge in [-0.25, -0.2) is 0 Å². The number of carbonyl (C=O) groups is 1. The van der Waals surface area contributed by atoms with Crippen LogP contribution in [-0.4, -0.2) is 19.0 Å². The second-order valence-electron chi connectivity index (χ2n) is 8.05. The van der Waals surface area contributed by atoms with E-state index in [-0.39, 0.29) is 22.4 Å². The van der Waals surface area contributed by atoms with Crippen LogP contribution in [0.5, 0.6) is 0 Å². The molecule has 1 aliphatic rings. The van der Waals surface area contributed by atoms with E-state index in [2.05, 4.69) is 31.0 Å². The number of nitrogens with zero attached hydrogens (tertiary/aromatic N) is 4. The molecule has 0 fully saturated rings. The summed E-state index contributed by atoms with van der Waals surface area (Å²) in [6, 6.07) is 13.1. The highest BCUT2D eigenvalue weighted by molar-refractivity contribution is 6.26. The Balaban J connectivity index is 2.37. The highest BCUT2D eigenvalue weighted by Gasteiger charge is 2.31. The monoisotopic (exact) mass is 429 g/mol. The number of hydrogen-bond donors (Lipinski definition) is 1. The molecule has 2 rings (SSSR count). The van der Waals surface area contributed by atoms with E-state index in [1.165, 1.54) is 19.3 Å². The van der Waals surface area contributed by atoms with Crippen LogP contribution in [0, 0.1) is 39.9 Å². The number of allylic oxidation sites excluding steroid dienone is 2. The third-order valence-electron chi connectivity index (χ3n) is 5.88. The topological polar surface area (TPSA) is 104 Å². The van der Waals surface area contributed by atoms with Crippen LogP contribution in [0.2, 0.25) is 0 Å². The first kappa shape index (κ1) is 24.7. The van der Waals surface area contributed by atoms with E-state index in [9.17, 15) is 10.1 Å². The van der Waals surface area contributed by atoms with E-state index in [1.807, 2.05) is 30.3 Å². The predicted molar refractivity (Wildman–Crippen MR) is 126 cm³/mol. The van der Waals surface area contributed by atoms with E-state index in [0.29, 0.717) is 11.5 Å². The van der Waals surface area contributed by atoms with Gasteiger partial charge in [0.25, 0.3) is 5.91 Å². The van der Waals surface area contributed by atoms with Crippen LogP contribution >= 0.6 is 0 Å². The molecule has 0 aliphatic carbocycles. The lowest BCUT2D eigenvalue weighted by Gasteiger charge is -2.29. The third-order valence-corrected chi connectivity index (χ3v) is 5.88. The van der Waals surface area contributed by atoms with Crippen molar-refractivity contribution in [3.05, 3.63) is 46.7 Å². The molecule has 0 saturated carbocycles. The maximum absolute atomic E-state index is 12.6. The molecular formula is C26H31N5O. The van der Waals surface area contributed by atoms with Crippen molar-refractivity contribution in [1.82, 2.24) is 5.32 Å². The zero-order valence-electron chi connectivity index (χ0n) is 19.2. The first-order chi connectivity index (χ1) is 15.5. The molecule has 1 amide bonds. The second-order valence-corrected chi connectivity index (χ2v) is 8.05. The fraction of sp³-hybridized carbons (Fsp3) is 0.462. The Bertz CT molecular complexity index is 983. The Morgan fingerprint density at radius 1 is 1.03 bits per heavy atom. The van der Waals surface area contributed by atoms with Crippen LogP contribution in [0.4, 0.5) is 5.69 Å². The van der Waals surface area contributed by atoms with Gasteiger partial charge in [-0.3, -0.25) is 4.79 Å². The first-order valence-corrected chi connectivity index (χ1v) is 11.4. The van der Waals surface area contributed by atoms with Crippen molar-refractivity contribution in [2.45, 2.75) is 59.3 Å². The number of nitriles is 3. The van der Waals surface area contributed by atoms with Crippen molar-refractivity contribution in [3.63, 3.8) is 0 Å². The summed E-state index contributed by atoms with van der Waals surface area (Å²) < 4.78 is 0. The first-order valence-electron chi connectivity index (χ1n) is 11.4. The van der Waals surface area contributed by atoms with Gasteiger partial charge in [0.1, 0.15) is 18.2 Å². The summed E-state index contributed by atoms with van der Waals surface area (Å²) in [4.78, 5) is 15.0. The number of benzene rings is 1. The average Bonchev–Trinajstić information content (AvgIpc) is 3.15. The molecular weight excluding hydrogens is 398 g/mol. The highest BCUT2D eigenvalue weighted by atomic mass is 16.2. The Kier molecular flexibility index (Phi) is 9.52. The van der Waals surface area contributed by atoms with Gasteiger partial charge in [-0.2, -0.15) is 15.8 Å². The van der Waals surface area contributed by atoms with Gasteiger partial charge >= 0.3 is 0 Å². The molecule has 32 heavy (non-hydrogen) atoms. The van der Waals surface area contributed by atoms with Crippen LogP contribution in [0.25, 0.3) is 5.57 Å². The SMILES string of the molecule is CCCCC(CC)CN(CCCC)c1ccc(C2=C(C#N)C(=C(C#N)C#N)NC2=O)cc1. The molecule has 1 aromatic rings. The van der Waals surface area contributed by atoms with Crippen molar-refractivity contribution in [2.75, 3.05) is 18.0 Å². The largest absolute Gasteiger partial charge is 0.371 e. The fourth-order valence-corrected chi connectivity index (χ4v) is 3.93. The second kappa shape index (κ2) is 12.3. The van der Waals surface area contributed by atoms with Gasteiger partial charge in [-0.15, -0.1) is 0 Å². The van der Waals surface area contributed by atoms with Gasteiger partial charge < -0.3 is 10.2 Å². The zero-order chi connectivity index (χ0) is 23.5. The Labute approximate surface area is 191 Å². The molecule has 0 radical (unpaired) electrons. The minimum Gasteiger partial charge on any atom is -0.371 e. The van der Waals surface area contributed by atoms with Gasteiger partial charge in [0.2, 0.25) is 0 Å². The van der Waals surface area contributed by atoms with Gasteiger partial charge in [0.15, 0.2) is 5.57 Å². The summed E-state index contributed by atoms with van der Waals surface area (Å²) >= 11 is 0. The van der Waals surface area contributed by atoms with Crippen molar-refractivity contribution < 1.29 is 4.79 Å². The summed E-state index contributed by atoms with van der Waals surface area (Å²) in [5.74, 6) is 0.170. The minimum atomic E-state index is -0.472. The van der Waals surface area contributed by atoms with E-state index in [0.717, 1.165) is 38.0 Å².